The van der Waals surface area contributed by atoms with Gasteiger partial charge in [-0.25, -0.2) is 8.78 Å². The number of ether oxygens (including phenoxy) is 1. The number of carbonyl (C=O) groups is 3. The number of carbonyl (C=O) groups excluding carboxylic acids is 3. The lowest BCUT2D eigenvalue weighted by Crippen LogP contribution is -2.58. The van der Waals surface area contributed by atoms with Gasteiger partial charge in [-0.2, -0.15) is 0 Å². The van der Waals surface area contributed by atoms with Gasteiger partial charge in [-0.3, -0.25) is 14.4 Å². The lowest BCUT2D eigenvalue weighted by Gasteiger charge is -2.34. The Morgan fingerprint density at radius 2 is 2.00 bits per heavy atom. The van der Waals surface area contributed by atoms with Crippen LogP contribution in [0.4, 0.5) is 8.78 Å². The third-order valence-corrected chi connectivity index (χ3v) is 3.43. The fourth-order valence-corrected chi connectivity index (χ4v) is 2.38. The van der Waals surface area contributed by atoms with Crippen molar-refractivity contribution in [2.75, 3.05) is 19.7 Å². The second kappa shape index (κ2) is 7.17. The fraction of sp³-hybridized carbons (Fsp3) is 0.400. The lowest BCUT2D eigenvalue weighted by molar-refractivity contribution is -0.147. The standard InChI is InChI=1S/C15H16F2N2O4/c1-2-23-12(20)8-11-14(21)18-6-7-19(11)15(22)13-9(16)4-3-5-10(13)17/h3-5,11H,2,6-8H2,1H3,(H,18,21)/t11-/m1/s1. The van der Waals surface area contributed by atoms with E-state index in [0.717, 1.165) is 23.1 Å². The summed E-state index contributed by atoms with van der Waals surface area (Å²) in [7, 11) is 0. The summed E-state index contributed by atoms with van der Waals surface area (Å²) in [5.41, 5.74) is -0.740. The second-order valence-electron chi connectivity index (χ2n) is 4.91. The molecule has 1 aliphatic rings. The molecule has 0 aromatic heterocycles. The molecular formula is C15H16F2N2O4. The first-order valence-corrected chi connectivity index (χ1v) is 7.14. The molecule has 1 N–H and O–H groups in total. The Labute approximate surface area is 131 Å². The maximum atomic E-state index is 13.8. The van der Waals surface area contributed by atoms with Gasteiger partial charge in [0.25, 0.3) is 5.91 Å². The summed E-state index contributed by atoms with van der Waals surface area (Å²) in [6, 6.07) is 1.90. The number of nitrogens with one attached hydrogen (secondary N) is 1. The molecule has 1 atom stereocenters. The summed E-state index contributed by atoms with van der Waals surface area (Å²) in [6.07, 6.45) is -0.374. The number of hydrogen-bond donors (Lipinski definition) is 1. The SMILES string of the molecule is CCOC(=O)C[C@@H]1C(=O)NCCN1C(=O)c1c(F)cccc1F. The number of halogens is 2. The summed E-state index contributed by atoms with van der Waals surface area (Å²) in [5, 5.41) is 2.52. The van der Waals surface area contributed by atoms with Gasteiger partial charge in [-0.05, 0) is 19.1 Å². The topological polar surface area (TPSA) is 75.7 Å². The Bertz CT molecular complexity index is 616. The van der Waals surface area contributed by atoms with Crippen LogP contribution in [-0.2, 0) is 14.3 Å². The zero-order chi connectivity index (χ0) is 17.0. The van der Waals surface area contributed by atoms with E-state index in [1.165, 1.54) is 0 Å². The summed E-state index contributed by atoms with van der Waals surface area (Å²) < 4.78 is 32.3. The first-order chi connectivity index (χ1) is 11.0. The molecule has 1 saturated heterocycles. The molecule has 2 amide bonds. The summed E-state index contributed by atoms with van der Waals surface area (Å²) in [6.45, 7) is 1.92. The van der Waals surface area contributed by atoms with Gasteiger partial charge >= 0.3 is 5.97 Å². The zero-order valence-electron chi connectivity index (χ0n) is 12.5. The Balaban J connectivity index is 2.28. The number of nitrogens with zero attached hydrogens (tertiary/aromatic N) is 1. The average Bonchev–Trinajstić information content (AvgIpc) is 2.49. The first kappa shape index (κ1) is 16.9. The van der Waals surface area contributed by atoms with E-state index in [2.05, 4.69) is 5.32 Å². The highest BCUT2D eigenvalue weighted by atomic mass is 19.1. The maximum absolute atomic E-state index is 13.8. The molecule has 1 aliphatic heterocycles. The predicted octanol–water partition coefficient (Wildman–Crippen LogP) is 0.859. The molecule has 6 nitrogen and oxygen atoms in total. The minimum Gasteiger partial charge on any atom is -0.466 e. The first-order valence-electron chi connectivity index (χ1n) is 7.14. The van der Waals surface area contributed by atoms with Crippen molar-refractivity contribution >= 4 is 17.8 Å². The number of piperazine rings is 1. The van der Waals surface area contributed by atoms with E-state index < -0.39 is 41.0 Å². The van der Waals surface area contributed by atoms with E-state index in [1.54, 1.807) is 6.92 Å². The van der Waals surface area contributed by atoms with E-state index in [-0.39, 0.29) is 26.1 Å². The molecule has 0 unspecified atom stereocenters. The van der Waals surface area contributed by atoms with E-state index in [9.17, 15) is 23.2 Å². The van der Waals surface area contributed by atoms with Crippen LogP contribution in [0.25, 0.3) is 0 Å². The quantitative estimate of drug-likeness (QED) is 0.833. The highest BCUT2D eigenvalue weighted by molar-refractivity contribution is 5.99. The van der Waals surface area contributed by atoms with Gasteiger partial charge in [-0.15, -0.1) is 0 Å². The molecule has 1 fully saturated rings. The highest BCUT2D eigenvalue weighted by Gasteiger charge is 2.37. The Morgan fingerprint density at radius 1 is 1.35 bits per heavy atom. The highest BCUT2D eigenvalue weighted by Crippen LogP contribution is 2.19. The van der Waals surface area contributed by atoms with Gasteiger partial charge in [0, 0.05) is 13.1 Å². The van der Waals surface area contributed by atoms with Crippen LogP contribution in [0.15, 0.2) is 18.2 Å². The van der Waals surface area contributed by atoms with Crippen molar-refractivity contribution < 1.29 is 27.9 Å². The van der Waals surface area contributed by atoms with Crippen molar-refractivity contribution in [3.8, 4) is 0 Å². The number of benzene rings is 1. The van der Waals surface area contributed by atoms with Crippen molar-refractivity contribution in [1.29, 1.82) is 0 Å². The largest absolute Gasteiger partial charge is 0.466 e. The van der Waals surface area contributed by atoms with Crippen molar-refractivity contribution in [2.45, 2.75) is 19.4 Å². The van der Waals surface area contributed by atoms with Crippen molar-refractivity contribution in [3.63, 3.8) is 0 Å². The third-order valence-electron chi connectivity index (χ3n) is 3.43. The number of esters is 1. The van der Waals surface area contributed by atoms with E-state index in [1.807, 2.05) is 0 Å². The van der Waals surface area contributed by atoms with Crippen molar-refractivity contribution in [3.05, 3.63) is 35.4 Å². The molecule has 1 aromatic carbocycles. The van der Waals surface area contributed by atoms with E-state index in [4.69, 9.17) is 4.74 Å². The molecule has 0 spiro atoms. The van der Waals surface area contributed by atoms with Crippen LogP contribution in [0.5, 0.6) is 0 Å². The molecule has 0 radical (unpaired) electrons. The number of hydrogen-bond acceptors (Lipinski definition) is 4. The van der Waals surface area contributed by atoms with Gasteiger partial charge < -0.3 is 15.0 Å². The van der Waals surface area contributed by atoms with E-state index >= 15 is 0 Å². The van der Waals surface area contributed by atoms with Crippen LogP contribution in [0, 0.1) is 11.6 Å². The van der Waals surface area contributed by atoms with Crippen LogP contribution in [-0.4, -0.2) is 48.4 Å². The molecule has 1 aromatic rings. The van der Waals surface area contributed by atoms with Crippen LogP contribution in [0.3, 0.4) is 0 Å². The molecule has 2 rings (SSSR count). The second-order valence-corrected chi connectivity index (χ2v) is 4.91. The van der Waals surface area contributed by atoms with Crippen LogP contribution in [0.1, 0.15) is 23.7 Å². The maximum Gasteiger partial charge on any atom is 0.308 e. The molecular weight excluding hydrogens is 310 g/mol. The molecule has 1 heterocycles. The molecule has 0 bridgehead atoms. The zero-order valence-corrected chi connectivity index (χ0v) is 12.5. The van der Waals surface area contributed by atoms with Gasteiger partial charge in [0.05, 0.1) is 13.0 Å². The van der Waals surface area contributed by atoms with Gasteiger partial charge in [0.15, 0.2) is 0 Å². The Morgan fingerprint density at radius 3 is 2.61 bits per heavy atom. The monoisotopic (exact) mass is 326 g/mol. The molecule has 124 valence electrons. The average molecular weight is 326 g/mol. The molecule has 8 heteroatoms. The van der Waals surface area contributed by atoms with Crippen LogP contribution < -0.4 is 5.32 Å². The van der Waals surface area contributed by atoms with Gasteiger partial charge in [0.2, 0.25) is 5.91 Å². The Hall–Kier alpha value is -2.51. The number of rotatable bonds is 4. The summed E-state index contributed by atoms with van der Waals surface area (Å²) in [4.78, 5) is 37.0. The van der Waals surface area contributed by atoms with Gasteiger partial charge in [-0.1, -0.05) is 6.07 Å². The molecule has 0 saturated carbocycles. The smallest absolute Gasteiger partial charge is 0.308 e. The minimum absolute atomic E-state index is 0.0441. The normalized spacial score (nSPS) is 17.6. The lowest BCUT2D eigenvalue weighted by atomic mass is 10.1. The summed E-state index contributed by atoms with van der Waals surface area (Å²) in [5.74, 6) is -4.23. The van der Waals surface area contributed by atoms with Gasteiger partial charge in [0.1, 0.15) is 23.2 Å². The van der Waals surface area contributed by atoms with Crippen LogP contribution >= 0.6 is 0 Å². The Kier molecular flexibility index (Phi) is 5.25. The predicted molar refractivity (Wildman–Crippen MR) is 75.4 cm³/mol. The number of amides is 2. The fourth-order valence-electron chi connectivity index (χ4n) is 2.38. The van der Waals surface area contributed by atoms with Crippen molar-refractivity contribution in [1.82, 2.24) is 10.2 Å². The van der Waals surface area contributed by atoms with Crippen LogP contribution in [0.2, 0.25) is 0 Å². The minimum atomic E-state index is -1.16. The molecule has 0 aliphatic carbocycles. The summed E-state index contributed by atoms with van der Waals surface area (Å²) >= 11 is 0. The van der Waals surface area contributed by atoms with Crippen molar-refractivity contribution in [2.24, 2.45) is 0 Å². The molecule has 23 heavy (non-hydrogen) atoms. The van der Waals surface area contributed by atoms with E-state index in [0.29, 0.717) is 0 Å². The third kappa shape index (κ3) is 3.64.